The van der Waals surface area contributed by atoms with E-state index in [1.54, 1.807) is 24.5 Å². The monoisotopic (exact) mass is 216 g/mol. The van der Waals surface area contributed by atoms with E-state index >= 15 is 0 Å². The van der Waals surface area contributed by atoms with Gasteiger partial charge in [0.2, 0.25) is 5.91 Å². The van der Waals surface area contributed by atoms with E-state index in [-0.39, 0.29) is 0 Å². The number of imidazole rings is 1. The number of aromatic nitrogens is 3. The fraction of sp³-hybridized carbons (Fsp3) is 0.182. The van der Waals surface area contributed by atoms with Crippen molar-refractivity contribution in [1.29, 1.82) is 0 Å². The number of carbonyl (C=O) groups excluding carboxylic acids is 1. The SMILES string of the molecule is CCc1nccn1-c1cc(C(N)=O)ccn1. The Balaban J connectivity index is 2.48. The van der Waals surface area contributed by atoms with E-state index in [1.807, 2.05) is 17.7 Å². The van der Waals surface area contributed by atoms with Crippen LogP contribution in [-0.4, -0.2) is 20.4 Å². The maximum Gasteiger partial charge on any atom is 0.248 e. The van der Waals surface area contributed by atoms with Gasteiger partial charge in [-0.15, -0.1) is 0 Å². The zero-order valence-corrected chi connectivity index (χ0v) is 8.92. The predicted octanol–water partition coefficient (Wildman–Crippen LogP) is 0.929. The molecule has 0 aromatic carbocycles. The zero-order valence-electron chi connectivity index (χ0n) is 8.92. The standard InChI is InChI=1S/C11H12N4O/c1-2-9-14-5-6-15(9)10-7-8(11(12)16)3-4-13-10/h3-7H,2H2,1H3,(H2,12,16). The molecule has 0 saturated heterocycles. The Hall–Kier alpha value is -2.17. The third-order valence-corrected chi connectivity index (χ3v) is 2.31. The number of hydrogen-bond acceptors (Lipinski definition) is 3. The van der Waals surface area contributed by atoms with E-state index < -0.39 is 5.91 Å². The number of hydrogen-bond donors (Lipinski definition) is 1. The molecule has 0 unspecified atom stereocenters. The summed E-state index contributed by atoms with van der Waals surface area (Å²) in [7, 11) is 0. The Morgan fingerprint density at radius 3 is 2.94 bits per heavy atom. The molecule has 2 aromatic heterocycles. The second-order valence-electron chi connectivity index (χ2n) is 3.33. The molecule has 16 heavy (non-hydrogen) atoms. The minimum Gasteiger partial charge on any atom is -0.366 e. The van der Waals surface area contributed by atoms with Gasteiger partial charge < -0.3 is 5.73 Å². The van der Waals surface area contributed by atoms with Crippen LogP contribution < -0.4 is 5.73 Å². The number of amides is 1. The molecule has 82 valence electrons. The van der Waals surface area contributed by atoms with Crippen molar-refractivity contribution < 1.29 is 4.79 Å². The third-order valence-electron chi connectivity index (χ3n) is 2.31. The number of rotatable bonds is 3. The maximum absolute atomic E-state index is 11.0. The summed E-state index contributed by atoms with van der Waals surface area (Å²) in [4.78, 5) is 19.4. The summed E-state index contributed by atoms with van der Waals surface area (Å²) in [5.74, 6) is 1.10. The van der Waals surface area contributed by atoms with E-state index in [0.29, 0.717) is 11.4 Å². The number of primary amides is 1. The van der Waals surface area contributed by atoms with Crippen molar-refractivity contribution in [2.45, 2.75) is 13.3 Å². The van der Waals surface area contributed by atoms with E-state index in [9.17, 15) is 4.79 Å². The number of nitrogens with zero attached hydrogens (tertiary/aromatic N) is 3. The molecule has 0 aliphatic heterocycles. The first-order chi connectivity index (χ1) is 7.72. The summed E-state index contributed by atoms with van der Waals surface area (Å²) >= 11 is 0. The molecule has 0 saturated carbocycles. The van der Waals surface area contributed by atoms with Crippen LogP contribution in [0.3, 0.4) is 0 Å². The highest BCUT2D eigenvalue weighted by Crippen LogP contribution is 2.10. The molecule has 0 atom stereocenters. The third kappa shape index (κ3) is 1.79. The van der Waals surface area contributed by atoms with Crippen molar-refractivity contribution in [2.75, 3.05) is 0 Å². The molecule has 0 bridgehead atoms. The van der Waals surface area contributed by atoms with Crippen molar-refractivity contribution in [3.63, 3.8) is 0 Å². The van der Waals surface area contributed by atoms with Crippen molar-refractivity contribution in [3.05, 3.63) is 42.1 Å². The van der Waals surface area contributed by atoms with Crippen molar-refractivity contribution in [3.8, 4) is 5.82 Å². The topological polar surface area (TPSA) is 73.8 Å². The number of pyridine rings is 1. The summed E-state index contributed by atoms with van der Waals surface area (Å²) in [6.07, 6.45) is 5.88. The molecule has 2 N–H and O–H groups in total. The van der Waals surface area contributed by atoms with Crippen LogP contribution in [-0.2, 0) is 6.42 Å². The molecule has 0 aliphatic carbocycles. The Labute approximate surface area is 92.9 Å². The number of carbonyl (C=O) groups is 1. The molecule has 2 rings (SSSR count). The number of nitrogens with two attached hydrogens (primary N) is 1. The first kappa shape index (κ1) is 10.4. The molecule has 0 spiro atoms. The fourth-order valence-corrected chi connectivity index (χ4v) is 1.51. The van der Waals surface area contributed by atoms with Crippen molar-refractivity contribution in [2.24, 2.45) is 5.73 Å². The summed E-state index contributed by atoms with van der Waals surface area (Å²) < 4.78 is 1.84. The minimum atomic E-state index is -0.457. The van der Waals surface area contributed by atoms with Gasteiger partial charge in [-0.05, 0) is 12.1 Å². The predicted molar refractivity (Wildman–Crippen MR) is 59.3 cm³/mol. The van der Waals surface area contributed by atoms with E-state index in [0.717, 1.165) is 12.2 Å². The Kier molecular flexibility index (Phi) is 2.68. The van der Waals surface area contributed by atoms with Crippen LogP contribution in [0.1, 0.15) is 23.1 Å². The molecule has 2 aromatic rings. The summed E-state index contributed by atoms with van der Waals surface area (Å²) in [6, 6.07) is 3.25. The lowest BCUT2D eigenvalue weighted by atomic mass is 10.2. The molecule has 0 radical (unpaired) electrons. The second kappa shape index (κ2) is 4.14. The van der Waals surface area contributed by atoms with Crippen LogP contribution in [0.2, 0.25) is 0 Å². The van der Waals surface area contributed by atoms with Gasteiger partial charge in [0.15, 0.2) is 0 Å². The van der Waals surface area contributed by atoms with E-state index in [4.69, 9.17) is 5.73 Å². The van der Waals surface area contributed by atoms with Gasteiger partial charge in [-0.2, -0.15) is 0 Å². The second-order valence-corrected chi connectivity index (χ2v) is 3.33. The van der Waals surface area contributed by atoms with Gasteiger partial charge in [-0.3, -0.25) is 9.36 Å². The smallest absolute Gasteiger partial charge is 0.248 e. The largest absolute Gasteiger partial charge is 0.366 e. The summed E-state index contributed by atoms with van der Waals surface area (Å²) in [6.45, 7) is 2.01. The van der Waals surface area contributed by atoms with Gasteiger partial charge in [-0.1, -0.05) is 6.92 Å². The van der Waals surface area contributed by atoms with Gasteiger partial charge in [0.25, 0.3) is 0 Å². The Morgan fingerprint density at radius 1 is 1.44 bits per heavy atom. The van der Waals surface area contributed by atoms with Crippen molar-refractivity contribution in [1.82, 2.24) is 14.5 Å². The molecule has 1 amide bonds. The first-order valence-electron chi connectivity index (χ1n) is 5.01. The van der Waals surface area contributed by atoms with Crippen LogP contribution in [0.5, 0.6) is 0 Å². The number of aryl methyl sites for hydroxylation is 1. The van der Waals surface area contributed by atoms with Crippen LogP contribution in [0.4, 0.5) is 0 Å². The van der Waals surface area contributed by atoms with Crippen molar-refractivity contribution >= 4 is 5.91 Å². The highest BCUT2D eigenvalue weighted by atomic mass is 16.1. The van der Waals surface area contributed by atoms with Crippen LogP contribution in [0.25, 0.3) is 5.82 Å². The highest BCUT2D eigenvalue weighted by Gasteiger charge is 2.06. The van der Waals surface area contributed by atoms with Crippen LogP contribution >= 0.6 is 0 Å². The lowest BCUT2D eigenvalue weighted by Gasteiger charge is -2.05. The molecular weight excluding hydrogens is 204 g/mol. The van der Waals surface area contributed by atoms with Gasteiger partial charge >= 0.3 is 0 Å². The molecule has 5 heteroatoms. The summed E-state index contributed by atoms with van der Waals surface area (Å²) in [5, 5.41) is 0. The van der Waals surface area contributed by atoms with E-state index in [1.165, 1.54) is 0 Å². The zero-order chi connectivity index (χ0) is 11.5. The minimum absolute atomic E-state index is 0.445. The lowest BCUT2D eigenvalue weighted by Crippen LogP contribution is -2.12. The molecule has 2 heterocycles. The molecule has 0 fully saturated rings. The maximum atomic E-state index is 11.0. The van der Waals surface area contributed by atoms with Gasteiger partial charge in [0.05, 0.1) is 0 Å². The quantitative estimate of drug-likeness (QED) is 0.829. The summed E-state index contributed by atoms with van der Waals surface area (Å²) in [5.41, 5.74) is 5.66. The van der Waals surface area contributed by atoms with Gasteiger partial charge in [0.1, 0.15) is 11.6 Å². The van der Waals surface area contributed by atoms with Gasteiger partial charge in [0, 0.05) is 30.6 Å². The average molecular weight is 216 g/mol. The average Bonchev–Trinajstić information content (AvgIpc) is 2.77. The molecular formula is C11H12N4O. The van der Waals surface area contributed by atoms with E-state index in [2.05, 4.69) is 9.97 Å². The van der Waals surface area contributed by atoms with Gasteiger partial charge in [-0.25, -0.2) is 9.97 Å². The molecule has 5 nitrogen and oxygen atoms in total. The first-order valence-corrected chi connectivity index (χ1v) is 5.01. The molecule has 0 aliphatic rings. The van der Waals surface area contributed by atoms with Crippen LogP contribution in [0.15, 0.2) is 30.7 Å². The fourth-order valence-electron chi connectivity index (χ4n) is 1.51. The van der Waals surface area contributed by atoms with Crippen LogP contribution in [0, 0.1) is 0 Å². The normalized spacial score (nSPS) is 10.3. The highest BCUT2D eigenvalue weighted by molar-refractivity contribution is 5.93. The Bertz CT molecular complexity index is 518. The Morgan fingerprint density at radius 2 is 2.25 bits per heavy atom. The lowest BCUT2D eigenvalue weighted by molar-refractivity contribution is 0.1000.